The van der Waals surface area contributed by atoms with Gasteiger partial charge in [0.05, 0.1) is 0 Å². The Morgan fingerprint density at radius 1 is 0.722 bits per heavy atom. The van der Waals surface area contributed by atoms with Crippen molar-refractivity contribution in [2.45, 2.75) is 25.7 Å². The van der Waals surface area contributed by atoms with Gasteiger partial charge in [0.2, 0.25) is 0 Å². The van der Waals surface area contributed by atoms with E-state index in [2.05, 4.69) is 38.1 Å². The first-order chi connectivity index (χ1) is 8.58. The number of hydrogen-bond acceptors (Lipinski definition) is 0. The van der Waals surface area contributed by atoms with Crippen molar-refractivity contribution < 1.29 is 0 Å². The first kappa shape index (κ1) is 11.6. The fraction of sp³-hybridized carbons (Fsp3) is 0.250. The molecule has 0 bridgehead atoms. The molecule has 0 N–H and O–H groups in total. The van der Waals surface area contributed by atoms with Crippen LogP contribution in [0.3, 0.4) is 0 Å². The third-order valence-corrected chi connectivity index (χ3v) is 4.17. The molecule has 2 atom stereocenters. The Hall–Kier alpha value is -1.43. The lowest BCUT2D eigenvalue weighted by molar-refractivity contribution is 0.617. The molecule has 84 valence electrons. The maximum absolute atomic E-state index is 5.91. The standard InChI is InChI=1S/C16H14B2/c1-9-10(2)16-8-12(18)4-6-14(16)13-5-3-11(17)7-15(9)13/h3-10H,1-2H3. The van der Waals surface area contributed by atoms with Gasteiger partial charge >= 0.3 is 0 Å². The minimum absolute atomic E-state index is 0.470. The fourth-order valence-corrected chi connectivity index (χ4v) is 2.95. The first-order valence-electron chi connectivity index (χ1n) is 6.37. The number of rotatable bonds is 0. The summed E-state index contributed by atoms with van der Waals surface area (Å²) in [5, 5.41) is 0. The van der Waals surface area contributed by atoms with Crippen molar-refractivity contribution in [1.82, 2.24) is 0 Å². The molecule has 2 aromatic carbocycles. The first-order valence-corrected chi connectivity index (χ1v) is 6.37. The van der Waals surface area contributed by atoms with Crippen LogP contribution >= 0.6 is 0 Å². The Morgan fingerprint density at radius 3 is 1.50 bits per heavy atom. The van der Waals surface area contributed by atoms with E-state index in [1.54, 1.807) is 0 Å². The van der Waals surface area contributed by atoms with Crippen LogP contribution in [0.1, 0.15) is 36.8 Å². The normalized spacial score (nSPS) is 21.2. The summed E-state index contributed by atoms with van der Waals surface area (Å²) in [6.45, 7) is 4.52. The maximum atomic E-state index is 5.91. The second-order valence-corrected chi connectivity index (χ2v) is 5.27. The Bertz CT molecular complexity index is 561. The van der Waals surface area contributed by atoms with Gasteiger partial charge in [0, 0.05) is 0 Å². The van der Waals surface area contributed by atoms with Crippen molar-refractivity contribution in [3.05, 3.63) is 47.5 Å². The highest BCUT2D eigenvalue weighted by Gasteiger charge is 2.27. The average molecular weight is 228 g/mol. The monoisotopic (exact) mass is 228 g/mol. The quantitative estimate of drug-likeness (QED) is 0.606. The molecule has 0 nitrogen and oxygen atoms in total. The molecule has 1 aliphatic rings. The van der Waals surface area contributed by atoms with E-state index in [1.165, 1.54) is 22.3 Å². The van der Waals surface area contributed by atoms with Gasteiger partial charge in [-0.15, -0.1) is 0 Å². The molecule has 0 amide bonds. The van der Waals surface area contributed by atoms with E-state index in [0.29, 0.717) is 11.8 Å². The van der Waals surface area contributed by atoms with Crippen molar-refractivity contribution >= 4 is 26.6 Å². The highest BCUT2D eigenvalue weighted by atomic mass is 14.3. The highest BCUT2D eigenvalue weighted by molar-refractivity contribution is 6.33. The molecule has 2 unspecified atom stereocenters. The van der Waals surface area contributed by atoms with Gasteiger partial charge in [-0.3, -0.25) is 0 Å². The molecule has 0 aliphatic heterocycles. The maximum Gasteiger partial charge on any atom is 0.113 e. The molecule has 0 saturated carbocycles. The van der Waals surface area contributed by atoms with Crippen molar-refractivity contribution in [1.29, 1.82) is 0 Å². The van der Waals surface area contributed by atoms with E-state index in [0.717, 1.165) is 10.9 Å². The van der Waals surface area contributed by atoms with Gasteiger partial charge in [0.1, 0.15) is 15.7 Å². The lowest BCUT2D eigenvalue weighted by atomic mass is 9.70. The highest BCUT2D eigenvalue weighted by Crippen LogP contribution is 2.45. The average Bonchev–Trinajstić information content (AvgIpc) is 2.36. The van der Waals surface area contributed by atoms with Gasteiger partial charge in [0.25, 0.3) is 0 Å². The second-order valence-electron chi connectivity index (χ2n) is 5.27. The summed E-state index contributed by atoms with van der Waals surface area (Å²) in [4.78, 5) is 0. The van der Waals surface area contributed by atoms with E-state index in [-0.39, 0.29) is 0 Å². The number of benzene rings is 2. The predicted octanol–water partition coefficient (Wildman–Crippen LogP) is 2.16. The smallest absolute Gasteiger partial charge is 0.0963 e. The summed E-state index contributed by atoms with van der Waals surface area (Å²) in [5.74, 6) is 0.940. The summed E-state index contributed by atoms with van der Waals surface area (Å²) in [7, 11) is 11.8. The lowest BCUT2D eigenvalue weighted by Gasteiger charge is -2.32. The zero-order valence-corrected chi connectivity index (χ0v) is 10.8. The Balaban J connectivity index is 2.31. The van der Waals surface area contributed by atoms with Gasteiger partial charge in [-0.25, -0.2) is 0 Å². The molecule has 0 spiro atoms. The molecular weight excluding hydrogens is 214 g/mol. The molecule has 2 aromatic rings. The van der Waals surface area contributed by atoms with Gasteiger partial charge in [-0.1, -0.05) is 61.2 Å². The van der Waals surface area contributed by atoms with Gasteiger partial charge in [0.15, 0.2) is 0 Å². The van der Waals surface area contributed by atoms with Gasteiger partial charge in [-0.05, 0) is 34.1 Å². The third-order valence-electron chi connectivity index (χ3n) is 4.17. The van der Waals surface area contributed by atoms with Crippen LogP contribution < -0.4 is 10.9 Å². The summed E-state index contributed by atoms with van der Waals surface area (Å²) >= 11 is 0. The molecule has 0 saturated heterocycles. The molecule has 18 heavy (non-hydrogen) atoms. The minimum atomic E-state index is 0.470. The third kappa shape index (κ3) is 1.63. The van der Waals surface area contributed by atoms with Crippen LogP contribution in [0.4, 0.5) is 0 Å². The van der Waals surface area contributed by atoms with E-state index in [1.807, 2.05) is 12.1 Å². The summed E-state index contributed by atoms with van der Waals surface area (Å²) in [6, 6.07) is 12.4. The van der Waals surface area contributed by atoms with E-state index in [9.17, 15) is 0 Å². The minimum Gasteiger partial charge on any atom is -0.0963 e. The number of fused-ring (bicyclic) bond motifs is 3. The second kappa shape index (κ2) is 4.05. The Morgan fingerprint density at radius 2 is 1.11 bits per heavy atom. The van der Waals surface area contributed by atoms with Crippen LogP contribution in [-0.2, 0) is 0 Å². The largest absolute Gasteiger partial charge is 0.113 e. The van der Waals surface area contributed by atoms with Gasteiger partial charge in [-0.2, -0.15) is 0 Å². The lowest BCUT2D eigenvalue weighted by Crippen LogP contribution is -2.18. The molecular formula is C16H14B2. The zero-order chi connectivity index (χ0) is 12.9. The van der Waals surface area contributed by atoms with Crippen LogP contribution in [0, 0.1) is 0 Å². The Labute approximate surface area is 111 Å². The Kier molecular flexibility index (Phi) is 2.62. The molecule has 4 radical (unpaired) electrons. The van der Waals surface area contributed by atoms with Crippen molar-refractivity contribution in [3.8, 4) is 11.1 Å². The van der Waals surface area contributed by atoms with E-state index in [4.69, 9.17) is 15.7 Å². The molecule has 0 aromatic heterocycles. The molecule has 2 heteroatoms. The van der Waals surface area contributed by atoms with E-state index >= 15 is 0 Å². The molecule has 0 heterocycles. The summed E-state index contributed by atoms with van der Waals surface area (Å²) in [6.07, 6.45) is 0. The molecule has 3 rings (SSSR count). The SMILES string of the molecule is [B]c1ccc2c(c1)C(C)C(C)c1cc([B])ccc1-2. The van der Waals surface area contributed by atoms with E-state index < -0.39 is 0 Å². The van der Waals surface area contributed by atoms with Crippen molar-refractivity contribution in [2.75, 3.05) is 0 Å². The topological polar surface area (TPSA) is 0 Å². The molecule has 0 fully saturated rings. The summed E-state index contributed by atoms with van der Waals surface area (Å²) in [5.41, 5.74) is 6.97. The van der Waals surface area contributed by atoms with Crippen LogP contribution in [0.25, 0.3) is 11.1 Å². The zero-order valence-electron chi connectivity index (χ0n) is 10.8. The number of hydrogen-bond donors (Lipinski definition) is 0. The molecule has 1 aliphatic carbocycles. The van der Waals surface area contributed by atoms with Crippen LogP contribution in [-0.4, -0.2) is 15.7 Å². The fourth-order valence-electron chi connectivity index (χ4n) is 2.95. The van der Waals surface area contributed by atoms with Crippen LogP contribution in [0.5, 0.6) is 0 Å². The predicted molar refractivity (Wildman–Crippen MR) is 79.5 cm³/mol. The van der Waals surface area contributed by atoms with Crippen LogP contribution in [0.2, 0.25) is 0 Å². The van der Waals surface area contributed by atoms with Crippen LogP contribution in [0.15, 0.2) is 36.4 Å². The van der Waals surface area contributed by atoms with Gasteiger partial charge < -0.3 is 0 Å². The summed E-state index contributed by atoms with van der Waals surface area (Å²) < 4.78 is 0. The van der Waals surface area contributed by atoms with Crippen molar-refractivity contribution in [2.24, 2.45) is 0 Å². The van der Waals surface area contributed by atoms with Crippen molar-refractivity contribution in [3.63, 3.8) is 0 Å².